The van der Waals surface area contributed by atoms with Crippen LogP contribution in [0.2, 0.25) is 0 Å². The predicted octanol–water partition coefficient (Wildman–Crippen LogP) is 2.75. The molecule has 0 amide bonds. The van der Waals surface area contributed by atoms with Crippen molar-refractivity contribution in [1.82, 2.24) is 24.9 Å². The number of nitrogens with one attached hydrogen (secondary N) is 2. The van der Waals surface area contributed by atoms with Crippen molar-refractivity contribution >= 4 is 28.1 Å². The van der Waals surface area contributed by atoms with Crippen molar-refractivity contribution in [2.45, 2.75) is 26.8 Å². The van der Waals surface area contributed by atoms with Crippen LogP contribution in [-0.2, 0) is 0 Å². The van der Waals surface area contributed by atoms with Crippen LogP contribution in [0.1, 0.15) is 25.6 Å². The lowest BCUT2D eigenvalue weighted by Crippen LogP contribution is -2.29. The number of aryl methyl sites for hydroxylation is 1. The van der Waals surface area contributed by atoms with Crippen LogP contribution in [0, 0.1) is 6.92 Å². The number of rotatable bonds is 7. The summed E-state index contributed by atoms with van der Waals surface area (Å²) in [5.74, 6) is 1.30. The Morgan fingerprint density at radius 1 is 1.14 bits per heavy atom. The van der Waals surface area contributed by atoms with Gasteiger partial charge in [0.25, 0.3) is 5.56 Å². The number of fused-ring (bicyclic) bond motifs is 1. The minimum atomic E-state index is -0.0865. The molecule has 0 unspecified atom stereocenters. The average molecular weight is 384 g/mol. The Balaban J connectivity index is 2.08. The second-order valence-corrected chi connectivity index (χ2v) is 7.71. The molecule has 3 aromatic rings. The van der Waals surface area contributed by atoms with Gasteiger partial charge in [0.1, 0.15) is 0 Å². The fraction of sp³-hybridized carbons (Fsp3) is 0.450. The van der Waals surface area contributed by atoms with Gasteiger partial charge in [0.2, 0.25) is 0 Å². The predicted molar refractivity (Wildman–Crippen MR) is 115 cm³/mol. The van der Waals surface area contributed by atoms with Crippen LogP contribution in [0.4, 0.5) is 17.3 Å². The Labute approximate surface area is 165 Å². The SMILES string of the molecule is Cc1cc(Nc2nn(C(C)C)c(=O)c3cc(N(C)CCN(C)C)ccc23)n[nH]1. The van der Waals surface area contributed by atoms with Crippen molar-refractivity contribution < 1.29 is 0 Å². The molecule has 3 rings (SSSR count). The summed E-state index contributed by atoms with van der Waals surface area (Å²) >= 11 is 0. The smallest absolute Gasteiger partial charge is 0.275 e. The van der Waals surface area contributed by atoms with Crippen LogP contribution in [0.3, 0.4) is 0 Å². The molecule has 28 heavy (non-hydrogen) atoms. The zero-order valence-electron chi connectivity index (χ0n) is 17.4. The molecular weight excluding hydrogens is 354 g/mol. The number of nitrogens with zero attached hydrogens (tertiary/aromatic N) is 5. The van der Waals surface area contributed by atoms with Crippen LogP contribution in [-0.4, -0.2) is 59.1 Å². The summed E-state index contributed by atoms with van der Waals surface area (Å²) in [4.78, 5) is 17.3. The van der Waals surface area contributed by atoms with E-state index < -0.39 is 0 Å². The van der Waals surface area contributed by atoms with Gasteiger partial charge in [-0.05, 0) is 53.1 Å². The fourth-order valence-corrected chi connectivity index (χ4v) is 3.01. The molecule has 0 aliphatic carbocycles. The first-order chi connectivity index (χ1) is 13.3. The summed E-state index contributed by atoms with van der Waals surface area (Å²) < 4.78 is 1.52. The molecule has 2 N–H and O–H groups in total. The molecule has 0 saturated heterocycles. The van der Waals surface area contributed by atoms with Crippen molar-refractivity contribution in [2.75, 3.05) is 44.4 Å². The van der Waals surface area contributed by atoms with Gasteiger partial charge in [-0.15, -0.1) is 0 Å². The Hall–Kier alpha value is -2.87. The van der Waals surface area contributed by atoms with E-state index in [0.29, 0.717) is 17.0 Å². The fourth-order valence-electron chi connectivity index (χ4n) is 3.01. The van der Waals surface area contributed by atoms with E-state index in [1.165, 1.54) is 4.68 Å². The van der Waals surface area contributed by atoms with E-state index in [4.69, 9.17) is 0 Å². The highest BCUT2D eigenvalue weighted by Gasteiger charge is 2.15. The van der Waals surface area contributed by atoms with Gasteiger partial charge >= 0.3 is 0 Å². The molecule has 150 valence electrons. The van der Waals surface area contributed by atoms with Gasteiger partial charge in [-0.25, -0.2) is 4.68 Å². The minimum Gasteiger partial charge on any atom is -0.373 e. The lowest BCUT2D eigenvalue weighted by molar-refractivity contribution is 0.416. The molecule has 0 saturated carbocycles. The first-order valence-electron chi connectivity index (χ1n) is 9.47. The average Bonchev–Trinajstić information content (AvgIpc) is 3.06. The van der Waals surface area contributed by atoms with E-state index >= 15 is 0 Å². The van der Waals surface area contributed by atoms with Gasteiger partial charge in [-0.1, -0.05) is 0 Å². The topological polar surface area (TPSA) is 82.1 Å². The zero-order chi connectivity index (χ0) is 20.4. The summed E-state index contributed by atoms with van der Waals surface area (Å²) in [5, 5.41) is 16.4. The number of benzene rings is 1. The first kappa shape index (κ1) is 19.9. The third kappa shape index (κ3) is 4.17. The Morgan fingerprint density at radius 2 is 1.89 bits per heavy atom. The summed E-state index contributed by atoms with van der Waals surface area (Å²) in [6.07, 6.45) is 0. The van der Waals surface area contributed by atoms with Crippen molar-refractivity contribution in [2.24, 2.45) is 0 Å². The van der Waals surface area contributed by atoms with Crippen LogP contribution in [0.5, 0.6) is 0 Å². The molecule has 0 aliphatic heterocycles. The minimum absolute atomic E-state index is 0.0477. The number of anilines is 3. The molecule has 8 nitrogen and oxygen atoms in total. The van der Waals surface area contributed by atoms with Crippen LogP contribution in [0.25, 0.3) is 10.8 Å². The second kappa shape index (κ2) is 8.02. The summed E-state index contributed by atoms with van der Waals surface area (Å²) in [6, 6.07) is 7.79. The number of H-pyrrole nitrogens is 1. The van der Waals surface area contributed by atoms with E-state index in [-0.39, 0.29) is 11.6 Å². The van der Waals surface area contributed by atoms with Crippen molar-refractivity contribution in [3.05, 3.63) is 40.3 Å². The molecule has 2 heterocycles. The Morgan fingerprint density at radius 3 is 2.50 bits per heavy atom. The van der Waals surface area contributed by atoms with Gasteiger partial charge in [-0.3, -0.25) is 9.89 Å². The normalized spacial score (nSPS) is 11.6. The van der Waals surface area contributed by atoms with Gasteiger partial charge < -0.3 is 15.1 Å². The number of hydrogen-bond donors (Lipinski definition) is 2. The van der Waals surface area contributed by atoms with Gasteiger partial charge in [0.15, 0.2) is 11.6 Å². The molecule has 0 aliphatic rings. The second-order valence-electron chi connectivity index (χ2n) is 7.71. The zero-order valence-corrected chi connectivity index (χ0v) is 17.4. The molecule has 0 atom stereocenters. The van der Waals surface area contributed by atoms with Crippen molar-refractivity contribution in [1.29, 1.82) is 0 Å². The maximum absolute atomic E-state index is 13.0. The summed E-state index contributed by atoms with van der Waals surface area (Å²) in [5.41, 5.74) is 1.87. The highest BCUT2D eigenvalue weighted by molar-refractivity contribution is 5.94. The van der Waals surface area contributed by atoms with E-state index in [2.05, 4.69) is 44.5 Å². The molecule has 2 aromatic heterocycles. The van der Waals surface area contributed by atoms with E-state index in [1.54, 1.807) is 0 Å². The molecule has 8 heteroatoms. The highest BCUT2D eigenvalue weighted by atomic mass is 16.1. The molecule has 0 bridgehead atoms. The maximum Gasteiger partial charge on any atom is 0.275 e. The number of likely N-dealkylation sites (N-methyl/N-ethyl adjacent to an activating group) is 2. The number of aromatic amines is 1. The third-order valence-corrected chi connectivity index (χ3v) is 4.67. The quantitative estimate of drug-likeness (QED) is 0.653. The van der Waals surface area contributed by atoms with Crippen LogP contribution >= 0.6 is 0 Å². The summed E-state index contributed by atoms with van der Waals surface area (Å²) in [7, 11) is 6.14. The lowest BCUT2D eigenvalue weighted by Gasteiger charge is -2.22. The highest BCUT2D eigenvalue weighted by Crippen LogP contribution is 2.26. The maximum atomic E-state index is 13.0. The first-order valence-corrected chi connectivity index (χ1v) is 9.47. The van der Waals surface area contributed by atoms with E-state index in [1.807, 2.05) is 52.1 Å². The molecule has 0 fully saturated rings. The van der Waals surface area contributed by atoms with Gasteiger partial charge in [0.05, 0.1) is 11.4 Å². The molecule has 1 aromatic carbocycles. The molecule has 0 spiro atoms. The molecular formula is C20H29N7O. The van der Waals surface area contributed by atoms with Crippen molar-refractivity contribution in [3.8, 4) is 0 Å². The third-order valence-electron chi connectivity index (χ3n) is 4.67. The van der Waals surface area contributed by atoms with Gasteiger partial charge in [-0.2, -0.15) is 10.2 Å². The van der Waals surface area contributed by atoms with Crippen LogP contribution in [0.15, 0.2) is 29.1 Å². The Bertz CT molecular complexity index is 1020. The molecule has 0 radical (unpaired) electrons. The van der Waals surface area contributed by atoms with Gasteiger partial charge in [0, 0.05) is 43.0 Å². The standard InChI is InChI=1S/C20H29N7O/c1-13(2)27-20(28)17-12-15(26(6)10-9-25(4)5)7-8-16(17)19(24-27)21-18-11-14(3)22-23-18/h7-8,11-13H,9-10H2,1-6H3,(H2,21,22,23,24). The lowest BCUT2D eigenvalue weighted by atomic mass is 10.1. The number of hydrogen-bond acceptors (Lipinski definition) is 6. The monoisotopic (exact) mass is 383 g/mol. The van der Waals surface area contributed by atoms with E-state index in [9.17, 15) is 4.79 Å². The summed E-state index contributed by atoms with van der Waals surface area (Å²) in [6.45, 7) is 7.66. The largest absolute Gasteiger partial charge is 0.373 e. The van der Waals surface area contributed by atoms with Crippen molar-refractivity contribution in [3.63, 3.8) is 0 Å². The number of aromatic nitrogens is 4. The van der Waals surface area contributed by atoms with E-state index in [0.717, 1.165) is 29.9 Å². The Kier molecular flexibility index (Phi) is 5.69. The van der Waals surface area contributed by atoms with Crippen LogP contribution < -0.4 is 15.8 Å².